The van der Waals surface area contributed by atoms with Crippen LogP contribution in [0.1, 0.15) is 17.7 Å². The Labute approximate surface area is 76.2 Å². The van der Waals surface area contributed by atoms with Gasteiger partial charge in [-0.25, -0.2) is 0 Å². The largest absolute Gasteiger partial charge is 0.481 e. The molecule has 13 heavy (non-hydrogen) atoms. The lowest BCUT2D eigenvalue weighted by Gasteiger charge is -2.00. The van der Waals surface area contributed by atoms with Crippen molar-refractivity contribution in [2.75, 3.05) is 6.54 Å². The van der Waals surface area contributed by atoms with Gasteiger partial charge in [-0.1, -0.05) is 0 Å². The van der Waals surface area contributed by atoms with Crippen molar-refractivity contribution in [1.29, 1.82) is 0 Å². The van der Waals surface area contributed by atoms with Gasteiger partial charge in [0.1, 0.15) is 0 Å². The molecule has 5 heteroatoms. The zero-order chi connectivity index (χ0) is 9.68. The van der Waals surface area contributed by atoms with E-state index in [4.69, 9.17) is 5.11 Å². The second kappa shape index (κ2) is 4.61. The molecule has 1 aromatic heterocycles. The van der Waals surface area contributed by atoms with E-state index < -0.39 is 5.97 Å². The summed E-state index contributed by atoms with van der Waals surface area (Å²) in [5.74, 6) is -0.781. The predicted molar refractivity (Wildman–Crippen MR) is 47.3 cm³/mol. The first-order valence-electron chi connectivity index (χ1n) is 4.11. The smallest absolute Gasteiger partial charge is 0.304 e. The minimum atomic E-state index is -0.781. The van der Waals surface area contributed by atoms with E-state index in [9.17, 15) is 4.79 Å². The Bertz CT molecular complexity index is 283. The lowest BCUT2D eigenvalue weighted by Crippen LogP contribution is -2.17. The number of H-pyrrole nitrogens is 1. The Morgan fingerprint density at radius 3 is 3.08 bits per heavy atom. The molecule has 0 atom stereocenters. The Balaban J connectivity index is 2.20. The molecule has 1 aromatic rings. The van der Waals surface area contributed by atoms with Crippen molar-refractivity contribution >= 4 is 5.97 Å². The Hall–Kier alpha value is -1.36. The molecule has 1 heterocycles. The van der Waals surface area contributed by atoms with Crippen LogP contribution in [0.3, 0.4) is 0 Å². The molecule has 0 spiro atoms. The van der Waals surface area contributed by atoms with Crippen LogP contribution in [0.15, 0.2) is 6.20 Å². The number of nitrogens with one attached hydrogen (secondary N) is 2. The first-order chi connectivity index (χ1) is 6.20. The molecule has 3 N–H and O–H groups in total. The van der Waals surface area contributed by atoms with Crippen LogP contribution >= 0.6 is 0 Å². The number of carboxylic acid groups (broad SMARTS) is 1. The molecule has 0 bridgehead atoms. The van der Waals surface area contributed by atoms with Gasteiger partial charge in [-0.3, -0.25) is 9.89 Å². The van der Waals surface area contributed by atoms with Crippen LogP contribution in [0, 0.1) is 6.92 Å². The minimum absolute atomic E-state index is 0.150. The second-order valence-corrected chi connectivity index (χ2v) is 2.84. The van der Waals surface area contributed by atoms with Crippen molar-refractivity contribution < 1.29 is 9.90 Å². The first kappa shape index (κ1) is 9.73. The number of hydrogen-bond acceptors (Lipinski definition) is 3. The van der Waals surface area contributed by atoms with Gasteiger partial charge < -0.3 is 10.4 Å². The molecule has 0 saturated heterocycles. The highest BCUT2D eigenvalue weighted by Gasteiger charge is 2.00. The standard InChI is InChI=1S/C8H13N3O2/c1-6-7(5-10-11-6)4-9-3-2-8(12)13/h5,9H,2-4H2,1H3,(H,10,11)(H,12,13). The fourth-order valence-corrected chi connectivity index (χ4v) is 0.972. The fraction of sp³-hybridized carbons (Fsp3) is 0.500. The Kier molecular flexibility index (Phi) is 3.45. The molecule has 0 radical (unpaired) electrons. The molecule has 0 fully saturated rings. The Morgan fingerprint density at radius 2 is 2.54 bits per heavy atom. The Morgan fingerprint density at radius 1 is 1.77 bits per heavy atom. The predicted octanol–water partition coefficient (Wildman–Crippen LogP) is 0.282. The van der Waals surface area contributed by atoms with E-state index in [2.05, 4.69) is 15.5 Å². The normalized spacial score (nSPS) is 10.2. The van der Waals surface area contributed by atoms with E-state index in [1.807, 2.05) is 6.92 Å². The molecule has 0 aliphatic heterocycles. The van der Waals surface area contributed by atoms with Crippen molar-refractivity contribution in [3.63, 3.8) is 0 Å². The number of aromatic nitrogens is 2. The second-order valence-electron chi connectivity index (χ2n) is 2.84. The van der Waals surface area contributed by atoms with Crippen LogP contribution in [-0.2, 0) is 11.3 Å². The molecule has 0 saturated carbocycles. The zero-order valence-corrected chi connectivity index (χ0v) is 7.50. The third-order valence-corrected chi connectivity index (χ3v) is 1.77. The SMILES string of the molecule is Cc1[nH]ncc1CNCCC(=O)O. The molecular formula is C8H13N3O2. The van der Waals surface area contributed by atoms with Crippen LogP contribution in [0.2, 0.25) is 0 Å². The third kappa shape index (κ3) is 3.25. The van der Waals surface area contributed by atoms with Crippen LogP contribution in [0.25, 0.3) is 0 Å². The van der Waals surface area contributed by atoms with Gasteiger partial charge in [0.15, 0.2) is 0 Å². The summed E-state index contributed by atoms with van der Waals surface area (Å²) in [5.41, 5.74) is 2.09. The summed E-state index contributed by atoms with van der Waals surface area (Å²) in [6.45, 7) is 3.08. The molecule has 0 amide bonds. The van der Waals surface area contributed by atoms with Crippen molar-refractivity contribution in [2.24, 2.45) is 0 Å². The highest BCUT2D eigenvalue weighted by molar-refractivity contribution is 5.66. The first-order valence-corrected chi connectivity index (χ1v) is 4.11. The molecule has 0 aliphatic carbocycles. The molecule has 72 valence electrons. The van der Waals surface area contributed by atoms with E-state index in [1.54, 1.807) is 6.20 Å². The molecule has 1 rings (SSSR count). The number of aliphatic carboxylic acids is 1. The summed E-state index contributed by atoms with van der Waals surface area (Å²) in [7, 11) is 0. The van der Waals surface area contributed by atoms with Gasteiger partial charge in [0.05, 0.1) is 12.6 Å². The van der Waals surface area contributed by atoms with E-state index >= 15 is 0 Å². The maximum Gasteiger partial charge on any atom is 0.304 e. The molecular weight excluding hydrogens is 170 g/mol. The average Bonchev–Trinajstić information content (AvgIpc) is 2.45. The minimum Gasteiger partial charge on any atom is -0.481 e. The van der Waals surface area contributed by atoms with Gasteiger partial charge in [0.25, 0.3) is 0 Å². The van der Waals surface area contributed by atoms with Crippen molar-refractivity contribution in [3.8, 4) is 0 Å². The van der Waals surface area contributed by atoms with Gasteiger partial charge in [0.2, 0.25) is 0 Å². The topological polar surface area (TPSA) is 78.0 Å². The summed E-state index contributed by atoms with van der Waals surface area (Å²) < 4.78 is 0. The van der Waals surface area contributed by atoms with Crippen LogP contribution in [-0.4, -0.2) is 27.8 Å². The lowest BCUT2D eigenvalue weighted by molar-refractivity contribution is -0.136. The third-order valence-electron chi connectivity index (χ3n) is 1.77. The van der Waals surface area contributed by atoms with Gasteiger partial charge in [-0.2, -0.15) is 5.10 Å². The molecule has 0 aromatic carbocycles. The summed E-state index contributed by atoms with van der Waals surface area (Å²) in [6.07, 6.45) is 1.89. The van der Waals surface area contributed by atoms with E-state index in [1.165, 1.54) is 0 Å². The maximum atomic E-state index is 10.2. The van der Waals surface area contributed by atoms with Crippen molar-refractivity contribution in [1.82, 2.24) is 15.5 Å². The van der Waals surface area contributed by atoms with Crippen LogP contribution < -0.4 is 5.32 Å². The summed E-state index contributed by atoms with van der Waals surface area (Å²) in [6, 6.07) is 0. The van der Waals surface area contributed by atoms with Crippen LogP contribution in [0.5, 0.6) is 0 Å². The zero-order valence-electron chi connectivity index (χ0n) is 7.50. The number of nitrogens with zero attached hydrogens (tertiary/aromatic N) is 1. The highest BCUT2D eigenvalue weighted by atomic mass is 16.4. The maximum absolute atomic E-state index is 10.2. The van der Waals surface area contributed by atoms with E-state index in [-0.39, 0.29) is 6.42 Å². The highest BCUT2D eigenvalue weighted by Crippen LogP contribution is 2.00. The van der Waals surface area contributed by atoms with E-state index in [0.717, 1.165) is 11.3 Å². The average molecular weight is 183 g/mol. The van der Waals surface area contributed by atoms with Crippen molar-refractivity contribution in [2.45, 2.75) is 19.9 Å². The van der Waals surface area contributed by atoms with Crippen LogP contribution in [0.4, 0.5) is 0 Å². The fourth-order valence-electron chi connectivity index (χ4n) is 0.972. The van der Waals surface area contributed by atoms with Crippen molar-refractivity contribution in [3.05, 3.63) is 17.5 Å². The number of hydrogen-bond donors (Lipinski definition) is 3. The van der Waals surface area contributed by atoms with Gasteiger partial charge in [-0.15, -0.1) is 0 Å². The summed E-state index contributed by atoms with van der Waals surface area (Å²) in [5, 5.41) is 18.1. The van der Waals surface area contributed by atoms with Gasteiger partial charge in [-0.05, 0) is 6.92 Å². The lowest BCUT2D eigenvalue weighted by atomic mass is 10.2. The number of carboxylic acids is 1. The summed E-state index contributed by atoms with van der Waals surface area (Å²) >= 11 is 0. The van der Waals surface area contributed by atoms with Gasteiger partial charge in [0, 0.05) is 24.3 Å². The monoisotopic (exact) mass is 183 g/mol. The number of aryl methyl sites for hydroxylation is 1. The summed E-state index contributed by atoms with van der Waals surface area (Å²) in [4.78, 5) is 10.2. The molecule has 0 aliphatic rings. The molecule has 0 unspecified atom stereocenters. The van der Waals surface area contributed by atoms with E-state index in [0.29, 0.717) is 13.1 Å². The number of carbonyl (C=O) groups is 1. The quantitative estimate of drug-likeness (QED) is 0.573. The molecule has 5 nitrogen and oxygen atoms in total. The number of aromatic amines is 1. The number of rotatable bonds is 5. The van der Waals surface area contributed by atoms with Gasteiger partial charge >= 0.3 is 5.97 Å².